The van der Waals surface area contributed by atoms with E-state index < -0.39 is 0 Å². The van der Waals surface area contributed by atoms with E-state index in [1.54, 1.807) is 4.90 Å². The molecule has 1 aromatic rings. The molecule has 1 aromatic carbocycles. The van der Waals surface area contributed by atoms with Crippen LogP contribution in [0.5, 0.6) is 0 Å². The van der Waals surface area contributed by atoms with Crippen LogP contribution in [0.4, 0.5) is 0 Å². The van der Waals surface area contributed by atoms with Gasteiger partial charge in [0.25, 0.3) is 5.91 Å². The number of rotatable bonds is 2. The summed E-state index contributed by atoms with van der Waals surface area (Å²) in [6, 6.07) is 7.95. The second kappa shape index (κ2) is 4.08. The van der Waals surface area contributed by atoms with E-state index in [0.717, 1.165) is 11.1 Å². The van der Waals surface area contributed by atoms with Crippen molar-refractivity contribution < 1.29 is 9.59 Å². The van der Waals surface area contributed by atoms with Gasteiger partial charge < -0.3 is 4.90 Å². The van der Waals surface area contributed by atoms with E-state index in [1.807, 2.05) is 38.1 Å². The summed E-state index contributed by atoms with van der Waals surface area (Å²) < 4.78 is 0. The Morgan fingerprint density at radius 2 is 1.94 bits per heavy atom. The number of Topliss-reactive ketones (excluding diaryl/α,β-unsaturated/α-hetero) is 1. The van der Waals surface area contributed by atoms with E-state index >= 15 is 0 Å². The SMILES string of the molecule is Cc1ccccc1C(C)N1CCC(=O)C1=O. The normalized spacial score (nSPS) is 18.0. The third kappa shape index (κ3) is 1.73. The van der Waals surface area contributed by atoms with Crippen molar-refractivity contribution in [3.63, 3.8) is 0 Å². The Hall–Kier alpha value is -1.64. The van der Waals surface area contributed by atoms with Crippen molar-refractivity contribution in [2.24, 2.45) is 0 Å². The smallest absolute Gasteiger partial charge is 0.290 e. The summed E-state index contributed by atoms with van der Waals surface area (Å²) in [6.07, 6.45) is 0.356. The van der Waals surface area contributed by atoms with Crippen LogP contribution in [0.1, 0.15) is 30.5 Å². The van der Waals surface area contributed by atoms with Crippen molar-refractivity contribution in [1.29, 1.82) is 0 Å². The van der Waals surface area contributed by atoms with Crippen LogP contribution in [-0.2, 0) is 9.59 Å². The highest BCUT2D eigenvalue weighted by Gasteiger charge is 2.33. The maximum atomic E-state index is 11.6. The lowest BCUT2D eigenvalue weighted by molar-refractivity contribution is -0.141. The highest BCUT2D eigenvalue weighted by Crippen LogP contribution is 2.26. The topological polar surface area (TPSA) is 37.4 Å². The largest absolute Gasteiger partial charge is 0.329 e. The number of carbonyl (C=O) groups excluding carboxylic acids is 2. The molecule has 1 heterocycles. The molecule has 2 rings (SSSR count). The van der Waals surface area contributed by atoms with Crippen LogP contribution in [0, 0.1) is 6.92 Å². The van der Waals surface area contributed by atoms with Gasteiger partial charge >= 0.3 is 0 Å². The molecular formula is C13H15NO2. The number of hydrogen-bond donors (Lipinski definition) is 0. The van der Waals surface area contributed by atoms with Gasteiger partial charge in [-0.05, 0) is 25.0 Å². The number of nitrogens with zero attached hydrogens (tertiary/aromatic N) is 1. The highest BCUT2D eigenvalue weighted by molar-refractivity contribution is 6.37. The summed E-state index contributed by atoms with van der Waals surface area (Å²) in [5, 5.41) is 0. The summed E-state index contributed by atoms with van der Waals surface area (Å²) in [5.74, 6) is -0.601. The van der Waals surface area contributed by atoms with Crippen LogP contribution in [0.3, 0.4) is 0 Å². The van der Waals surface area contributed by atoms with Crippen molar-refractivity contribution in [2.45, 2.75) is 26.3 Å². The van der Waals surface area contributed by atoms with Gasteiger partial charge in [-0.1, -0.05) is 24.3 Å². The van der Waals surface area contributed by atoms with Gasteiger partial charge in [-0.2, -0.15) is 0 Å². The Labute approximate surface area is 95.1 Å². The van der Waals surface area contributed by atoms with E-state index in [2.05, 4.69) is 0 Å². The van der Waals surface area contributed by atoms with Gasteiger partial charge in [0.2, 0.25) is 5.78 Å². The molecule has 0 spiro atoms. The average Bonchev–Trinajstić information content (AvgIpc) is 2.60. The summed E-state index contributed by atoms with van der Waals surface area (Å²) in [4.78, 5) is 24.5. The average molecular weight is 217 g/mol. The fourth-order valence-corrected chi connectivity index (χ4v) is 2.18. The third-order valence-corrected chi connectivity index (χ3v) is 3.19. The van der Waals surface area contributed by atoms with Gasteiger partial charge in [-0.25, -0.2) is 0 Å². The van der Waals surface area contributed by atoms with Crippen LogP contribution in [0.2, 0.25) is 0 Å². The molecule has 0 radical (unpaired) electrons. The van der Waals surface area contributed by atoms with Crippen molar-refractivity contribution in [2.75, 3.05) is 6.54 Å². The number of aryl methyl sites for hydroxylation is 1. The second-order valence-corrected chi connectivity index (χ2v) is 4.20. The molecule has 0 bridgehead atoms. The van der Waals surface area contributed by atoms with Gasteiger partial charge in [0, 0.05) is 13.0 Å². The standard InChI is InChI=1S/C13H15NO2/c1-9-5-3-4-6-11(9)10(2)14-8-7-12(15)13(14)16/h3-6,10H,7-8H2,1-2H3. The molecule has 1 fully saturated rings. The van der Waals surface area contributed by atoms with E-state index in [1.165, 1.54) is 0 Å². The molecule has 1 aliphatic rings. The second-order valence-electron chi connectivity index (χ2n) is 4.20. The zero-order valence-electron chi connectivity index (χ0n) is 9.56. The highest BCUT2D eigenvalue weighted by atomic mass is 16.2. The minimum atomic E-state index is -0.337. The molecule has 0 N–H and O–H groups in total. The van der Waals surface area contributed by atoms with Gasteiger partial charge in [0.05, 0.1) is 6.04 Å². The minimum Gasteiger partial charge on any atom is -0.329 e. The Bertz CT molecular complexity index is 439. The Morgan fingerprint density at radius 1 is 1.25 bits per heavy atom. The minimum absolute atomic E-state index is 0.0138. The molecule has 1 unspecified atom stereocenters. The van der Waals surface area contributed by atoms with E-state index in [0.29, 0.717) is 13.0 Å². The number of amides is 1. The molecule has 3 nitrogen and oxygen atoms in total. The molecule has 1 atom stereocenters. The first-order valence-corrected chi connectivity index (χ1v) is 5.50. The molecule has 84 valence electrons. The van der Waals surface area contributed by atoms with Gasteiger partial charge in [0.1, 0.15) is 0 Å². The van der Waals surface area contributed by atoms with Crippen molar-refractivity contribution in [3.8, 4) is 0 Å². The zero-order valence-corrected chi connectivity index (χ0v) is 9.56. The zero-order chi connectivity index (χ0) is 11.7. The maximum absolute atomic E-state index is 11.6. The van der Waals surface area contributed by atoms with E-state index in [4.69, 9.17) is 0 Å². The summed E-state index contributed by atoms with van der Waals surface area (Å²) in [7, 11) is 0. The number of likely N-dealkylation sites (tertiary alicyclic amines) is 1. The summed E-state index contributed by atoms with van der Waals surface area (Å²) in [6.45, 7) is 4.54. The predicted octanol–water partition coefficient (Wildman–Crippen LogP) is 1.86. The third-order valence-electron chi connectivity index (χ3n) is 3.19. The van der Waals surface area contributed by atoms with Crippen LogP contribution >= 0.6 is 0 Å². The van der Waals surface area contributed by atoms with Crippen LogP contribution in [0.15, 0.2) is 24.3 Å². The lowest BCUT2D eigenvalue weighted by Gasteiger charge is -2.25. The fraction of sp³-hybridized carbons (Fsp3) is 0.385. The Balaban J connectivity index is 2.26. The quantitative estimate of drug-likeness (QED) is 0.709. The molecule has 1 aliphatic heterocycles. The van der Waals surface area contributed by atoms with Crippen LogP contribution in [0.25, 0.3) is 0 Å². The first kappa shape index (κ1) is 10.9. The lowest BCUT2D eigenvalue weighted by atomic mass is 10.0. The molecular weight excluding hydrogens is 202 g/mol. The molecule has 0 saturated carbocycles. The molecule has 1 saturated heterocycles. The number of benzene rings is 1. The van der Waals surface area contributed by atoms with Gasteiger partial charge in [-0.15, -0.1) is 0 Å². The monoisotopic (exact) mass is 217 g/mol. The first-order chi connectivity index (χ1) is 7.61. The maximum Gasteiger partial charge on any atom is 0.290 e. The van der Waals surface area contributed by atoms with Crippen LogP contribution < -0.4 is 0 Å². The van der Waals surface area contributed by atoms with E-state index in [9.17, 15) is 9.59 Å². The van der Waals surface area contributed by atoms with Crippen molar-refractivity contribution in [3.05, 3.63) is 35.4 Å². The number of carbonyl (C=O) groups is 2. The molecule has 16 heavy (non-hydrogen) atoms. The molecule has 0 aliphatic carbocycles. The van der Waals surface area contributed by atoms with Crippen LogP contribution in [-0.4, -0.2) is 23.1 Å². The number of hydrogen-bond acceptors (Lipinski definition) is 2. The van der Waals surface area contributed by atoms with Gasteiger partial charge in [-0.3, -0.25) is 9.59 Å². The number of ketones is 1. The molecule has 1 amide bonds. The molecule has 3 heteroatoms. The predicted molar refractivity (Wildman–Crippen MR) is 60.9 cm³/mol. The molecule has 0 aromatic heterocycles. The fourth-order valence-electron chi connectivity index (χ4n) is 2.18. The first-order valence-electron chi connectivity index (χ1n) is 5.50. The van der Waals surface area contributed by atoms with Crippen molar-refractivity contribution in [1.82, 2.24) is 4.90 Å². The summed E-state index contributed by atoms with van der Waals surface area (Å²) >= 11 is 0. The Morgan fingerprint density at radius 3 is 2.50 bits per heavy atom. The van der Waals surface area contributed by atoms with Crippen molar-refractivity contribution >= 4 is 11.7 Å². The van der Waals surface area contributed by atoms with Gasteiger partial charge in [0.15, 0.2) is 0 Å². The Kier molecular flexibility index (Phi) is 2.77. The summed E-state index contributed by atoms with van der Waals surface area (Å²) in [5.41, 5.74) is 2.27. The lowest BCUT2D eigenvalue weighted by Crippen LogP contribution is -2.30. The van der Waals surface area contributed by atoms with E-state index in [-0.39, 0.29) is 17.7 Å².